The maximum absolute atomic E-state index is 14.0. The van der Waals surface area contributed by atoms with Crippen molar-refractivity contribution in [2.45, 2.75) is 13.0 Å². The molecule has 1 amide bonds. The number of amides is 1. The first-order chi connectivity index (χ1) is 10.0. The van der Waals surface area contributed by atoms with Crippen molar-refractivity contribution >= 4 is 11.6 Å². The molecule has 0 aliphatic carbocycles. The number of hydrogen-bond acceptors (Lipinski definition) is 3. The SMILES string of the molecule is COc1ccc(C(C)Nc2cccc(C(N)=O)c2)c(F)c1. The Bertz CT molecular complexity index is 658. The van der Waals surface area contributed by atoms with E-state index in [9.17, 15) is 9.18 Å². The molecule has 0 fully saturated rings. The standard InChI is InChI=1S/C16H17FN2O2/c1-10(14-7-6-13(21-2)9-15(14)17)19-12-5-3-4-11(8-12)16(18)20/h3-10,19H,1-2H3,(H2,18,20). The van der Waals surface area contributed by atoms with Gasteiger partial charge in [-0.2, -0.15) is 0 Å². The molecule has 0 saturated heterocycles. The summed E-state index contributed by atoms with van der Waals surface area (Å²) < 4.78 is 19.0. The van der Waals surface area contributed by atoms with E-state index in [0.717, 1.165) is 0 Å². The number of methoxy groups -OCH3 is 1. The summed E-state index contributed by atoms with van der Waals surface area (Å²) in [5.74, 6) is -0.374. The average molecular weight is 288 g/mol. The summed E-state index contributed by atoms with van der Waals surface area (Å²) in [4.78, 5) is 11.2. The summed E-state index contributed by atoms with van der Waals surface area (Å²) in [7, 11) is 1.49. The highest BCUT2D eigenvalue weighted by molar-refractivity contribution is 5.93. The fourth-order valence-corrected chi connectivity index (χ4v) is 2.08. The zero-order chi connectivity index (χ0) is 15.4. The quantitative estimate of drug-likeness (QED) is 0.888. The Balaban J connectivity index is 2.19. The van der Waals surface area contributed by atoms with Crippen molar-refractivity contribution < 1.29 is 13.9 Å². The molecule has 5 heteroatoms. The van der Waals surface area contributed by atoms with E-state index in [0.29, 0.717) is 22.6 Å². The summed E-state index contributed by atoms with van der Waals surface area (Å²) in [6, 6.07) is 11.2. The predicted molar refractivity (Wildman–Crippen MR) is 79.9 cm³/mol. The van der Waals surface area contributed by atoms with E-state index in [1.807, 2.05) is 6.92 Å². The fourth-order valence-electron chi connectivity index (χ4n) is 2.08. The van der Waals surface area contributed by atoms with Crippen molar-refractivity contribution in [3.63, 3.8) is 0 Å². The van der Waals surface area contributed by atoms with Crippen LogP contribution in [-0.2, 0) is 0 Å². The zero-order valence-electron chi connectivity index (χ0n) is 11.9. The van der Waals surface area contributed by atoms with Gasteiger partial charge in [0.1, 0.15) is 11.6 Å². The van der Waals surface area contributed by atoms with Crippen LogP contribution < -0.4 is 15.8 Å². The molecule has 2 rings (SSSR count). The van der Waals surface area contributed by atoms with Gasteiger partial charge >= 0.3 is 0 Å². The van der Waals surface area contributed by atoms with Crippen molar-refractivity contribution in [2.75, 3.05) is 12.4 Å². The molecule has 0 aliphatic heterocycles. The lowest BCUT2D eigenvalue weighted by Gasteiger charge is -2.17. The first-order valence-corrected chi connectivity index (χ1v) is 6.51. The number of rotatable bonds is 5. The third kappa shape index (κ3) is 3.51. The first-order valence-electron chi connectivity index (χ1n) is 6.51. The van der Waals surface area contributed by atoms with Crippen molar-refractivity contribution in [3.8, 4) is 5.75 Å². The van der Waals surface area contributed by atoms with Crippen LogP contribution in [0, 0.1) is 5.82 Å². The normalized spacial score (nSPS) is 11.8. The number of benzene rings is 2. The molecule has 0 bridgehead atoms. The van der Waals surface area contributed by atoms with E-state index in [-0.39, 0.29) is 11.9 Å². The van der Waals surface area contributed by atoms with Gasteiger partial charge in [-0.1, -0.05) is 12.1 Å². The molecular weight excluding hydrogens is 271 g/mol. The Kier molecular flexibility index (Phi) is 4.42. The largest absolute Gasteiger partial charge is 0.497 e. The van der Waals surface area contributed by atoms with Gasteiger partial charge in [-0.25, -0.2) is 4.39 Å². The third-order valence-corrected chi connectivity index (χ3v) is 3.20. The number of carbonyl (C=O) groups excluding carboxylic acids is 1. The minimum absolute atomic E-state index is 0.265. The van der Waals surface area contributed by atoms with Crippen LogP contribution in [0.1, 0.15) is 28.9 Å². The minimum atomic E-state index is -0.498. The lowest BCUT2D eigenvalue weighted by Crippen LogP contribution is -2.12. The molecule has 0 heterocycles. The maximum atomic E-state index is 14.0. The van der Waals surface area contributed by atoms with Crippen molar-refractivity contribution in [1.82, 2.24) is 0 Å². The number of halogens is 1. The number of nitrogens with two attached hydrogens (primary N) is 1. The van der Waals surface area contributed by atoms with Crippen LogP contribution in [-0.4, -0.2) is 13.0 Å². The van der Waals surface area contributed by atoms with Crippen LogP contribution >= 0.6 is 0 Å². The second-order valence-electron chi connectivity index (χ2n) is 4.70. The number of ether oxygens (including phenoxy) is 1. The van der Waals surface area contributed by atoms with E-state index in [1.165, 1.54) is 13.2 Å². The van der Waals surface area contributed by atoms with E-state index < -0.39 is 5.91 Å². The van der Waals surface area contributed by atoms with Crippen molar-refractivity contribution in [1.29, 1.82) is 0 Å². The van der Waals surface area contributed by atoms with Gasteiger partial charge in [-0.15, -0.1) is 0 Å². The highest BCUT2D eigenvalue weighted by atomic mass is 19.1. The topological polar surface area (TPSA) is 64.3 Å². The van der Waals surface area contributed by atoms with Gasteiger partial charge < -0.3 is 15.8 Å². The monoisotopic (exact) mass is 288 g/mol. The highest BCUT2D eigenvalue weighted by Gasteiger charge is 2.12. The zero-order valence-corrected chi connectivity index (χ0v) is 11.9. The van der Waals surface area contributed by atoms with E-state index >= 15 is 0 Å². The molecule has 110 valence electrons. The summed E-state index contributed by atoms with van der Waals surface area (Å²) in [5.41, 5.74) is 6.86. The van der Waals surface area contributed by atoms with Gasteiger partial charge in [-0.3, -0.25) is 4.79 Å². The Morgan fingerprint density at radius 2 is 2.05 bits per heavy atom. The molecule has 0 spiro atoms. The molecule has 21 heavy (non-hydrogen) atoms. The fraction of sp³-hybridized carbons (Fsp3) is 0.188. The second-order valence-corrected chi connectivity index (χ2v) is 4.70. The van der Waals surface area contributed by atoms with Crippen LogP contribution in [0.3, 0.4) is 0 Å². The Morgan fingerprint density at radius 3 is 2.67 bits per heavy atom. The Morgan fingerprint density at radius 1 is 1.29 bits per heavy atom. The van der Waals surface area contributed by atoms with Gasteiger partial charge in [0, 0.05) is 22.9 Å². The van der Waals surface area contributed by atoms with E-state index in [4.69, 9.17) is 10.5 Å². The Hall–Kier alpha value is -2.56. The van der Waals surface area contributed by atoms with Crippen LogP contribution in [0.25, 0.3) is 0 Å². The molecule has 0 aromatic heterocycles. The van der Waals surface area contributed by atoms with Gasteiger partial charge in [0.25, 0.3) is 0 Å². The molecule has 2 aromatic carbocycles. The number of carbonyl (C=O) groups is 1. The average Bonchev–Trinajstić information content (AvgIpc) is 2.47. The summed E-state index contributed by atoms with van der Waals surface area (Å²) in [5, 5.41) is 3.14. The molecule has 1 atom stereocenters. The lowest BCUT2D eigenvalue weighted by atomic mass is 10.1. The van der Waals surface area contributed by atoms with E-state index in [2.05, 4.69) is 5.32 Å². The van der Waals surface area contributed by atoms with Gasteiger partial charge in [0.2, 0.25) is 5.91 Å². The number of hydrogen-bond donors (Lipinski definition) is 2. The summed E-state index contributed by atoms with van der Waals surface area (Å²) >= 11 is 0. The van der Waals surface area contributed by atoms with Gasteiger partial charge in [0.15, 0.2) is 0 Å². The van der Waals surface area contributed by atoms with Crippen LogP contribution in [0.4, 0.5) is 10.1 Å². The van der Waals surface area contributed by atoms with Crippen LogP contribution in [0.15, 0.2) is 42.5 Å². The summed E-state index contributed by atoms with van der Waals surface area (Å²) in [6.45, 7) is 1.84. The van der Waals surface area contributed by atoms with Crippen LogP contribution in [0.2, 0.25) is 0 Å². The Labute approximate surface area is 122 Å². The second kappa shape index (κ2) is 6.26. The smallest absolute Gasteiger partial charge is 0.248 e. The van der Waals surface area contributed by atoms with Crippen LogP contribution in [0.5, 0.6) is 5.75 Å². The molecule has 4 nitrogen and oxygen atoms in total. The predicted octanol–water partition coefficient (Wildman–Crippen LogP) is 3.11. The number of primary amides is 1. The summed E-state index contributed by atoms with van der Waals surface area (Å²) in [6.07, 6.45) is 0. The number of nitrogens with one attached hydrogen (secondary N) is 1. The molecule has 3 N–H and O–H groups in total. The molecule has 0 radical (unpaired) electrons. The van der Waals surface area contributed by atoms with Crippen molar-refractivity contribution in [2.24, 2.45) is 5.73 Å². The number of anilines is 1. The van der Waals surface area contributed by atoms with Gasteiger partial charge in [0.05, 0.1) is 13.2 Å². The molecule has 0 saturated carbocycles. The first kappa shape index (κ1) is 14.8. The van der Waals surface area contributed by atoms with Crippen molar-refractivity contribution in [3.05, 3.63) is 59.4 Å². The third-order valence-electron chi connectivity index (χ3n) is 3.20. The van der Waals surface area contributed by atoms with E-state index in [1.54, 1.807) is 36.4 Å². The molecule has 1 unspecified atom stereocenters. The molecule has 2 aromatic rings. The maximum Gasteiger partial charge on any atom is 0.248 e. The molecular formula is C16H17FN2O2. The minimum Gasteiger partial charge on any atom is -0.497 e. The molecule has 0 aliphatic rings. The van der Waals surface area contributed by atoms with Gasteiger partial charge in [-0.05, 0) is 31.2 Å². The highest BCUT2D eigenvalue weighted by Crippen LogP contribution is 2.25. The lowest BCUT2D eigenvalue weighted by molar-refractivity contribution is 0.100.